The fourth-order valence-electron chi connectivity index (χ4n) is 2.77. The first-order valence-electron chi connectivity index (χ1n) is 7.55. The lowest BCUT2D eigenvalue weighted by Gasteiger charge is -2.33. The molecule has 1 N–H and O–H groups in total. The van der Waals surface area contributed by atoms with Gasteiger partial charge in [0.15, 0.2) is 5.82 Å². The fourth-order valence-corrected chi connectivity index (χ4v) is 3.52. The lowest BCUT2D eigenvalue weighted by molar-refractivity contribution is 0.420. The summed E-state index contributed by atoms with van der Waals surface area (Å²) in [5, 5.41) is 4.67. The molecule has 22 heavy (non-hydrogen) atoms. The summed E-state index contributed by atoms with van der Waals surface area (Å²) >= 11 is 1.73. The Morgan fingerprint density at radius 1 is 1.45 bits per heavy atom. The number of piperidine rings is 1. The van der Waals surface area contributed by atoms with Gasteiger partial charge in [0.2, 0.25) is 0 Å². The van der Waals surface area contributed by atoms with Crippen LogP contribution < -0.4 is 15.8 Å². The van der Waals surface area contributed by atoms with Crippen molar-refractivity contribution in [3.63, 3.8) is 0 Å². The quantitative estimate of drug-likeness (QED) is 0.920. The molecule has 0 aliphatic carbocycles. The normalized spacial score (nSPS) is 18.6. The van der Waals surface area contributed by atoms with Crippen LogP contribution in [-0.4, -0.2) is 33.7 Å². The number of thiazole rings is 1. The van der Waals surface area contributed by atoms with E-state index in [1.165, 1.54) is 4.88 Å². The Bertz CT molecular complexity index is 695. The van der Waals surface area contributed by atoms with E-state index in [0.717, 1.165) is 37.5 Å². The zero-order valence-electron chi connectivity index (χ0n) is 13.0. The Kier molecular flexibility index (Phi) is 4.54. The minimum absolute atomic E-state index is 0.0266. The number of hydrogen-bond donors (Lipinski definition) is 1. The molecule has 6 nitrogen and oxygen atoms in total. The highest BCUT2D eigenvalue weighted by molar-refractivity contribution is 7.11. The molecule has 3 heterocycles. The van der Waals surface area contributed by atoms with E-state index in [9.17, 15) is 4.79 Å². The van der Waals surface area contributed by atoms with E-state index in [1.807, 2.05) is 13.1 Å². The van der Waals surface area contributed by atoms with Crippen LogP contribution in [0.5, 0.6) is 0 Å². The molecule has 2 aromatic rings. The molecule has 0 unspecified atom stereocenters. The summed E-state index contributed by atoms with van der Waals surface area (Å²) in [6.45, 7) is 4.58. The monoisotopic (exact) mass is 319 g/mol. The van der Waals surface area contributed by atoms with E-state index in [1.54, 1.807) is 35.3 Å². The second kappa shape index (κ2) is 6.58. The van der Waals surface area contributed by atoms with Crippen molar-refractivity contribution >= 4 is 17.2 Å². The molecule has 2 aromatic heterocycles. The zero-order valence-corrected chi connectivity index (χ0v) is 13.8. The Hall–Kier alpha value is -1.73. The van der Waals surface area contributed by atoms with Gasteiger partial charge in [-0.3, -0.25) is 4.79 Å². The Labute approximate surface area is 133 Å². The topological polar surface area (TPSA) is 63.1 Å². The number of rotatable bonds is 4. The maximum Gasteiger partial charge on any atom is 0.293 e. The van der Waals surface area contributed by atoms with E-state index in [4.69, 9.17) is 0 Å². The molecule has 0 amide bonds. The molecule has 0 bridgehead atoms. The maximum atomic E-state index is 12.2. The predicted molar refractivity (Wildman–Crippen MR) is 88.4 cm³/mol. The summed E-state index contributed by atoms with van der Waals surface area (Å²) in [7, 11) is 1.76. The van der Waals surface area contributed by atoms with Gasteiger partial charge in [-0.25, -0.2) is 9.97 Å². The third-order valence-corrected chi connectivity index (χ3v) is 4.87. The summed E-state index contributed by atoms with van der Waals surface area (Å²) < 4.78 is 1.58. The highest BCUT2D eigenvalue weighted by Crippen LogP contribution is 2.16. The van der Waals surface area contributed by atoms with Crippen LogP contribution in [0.15, 0.2) is 23.4 Å². The number of aromatic nitrogens is 3. The van der Waals surface area contributed by atoms with Crippen LogP contribution >= 0.6 is 11.3 Å². The number of aryl methyl sites for hydroxylation is 2. The summed E-state index contributed by atoms with van der Waals surface area (Å²) in [6, 6.07) is 0.378. The van der Waals surface area contributed by atoms with Gasteiger partial charge in [-0.2, -0.15) is 0 Å². The largest absolute Gasteiger partial charge is 0.350 e. The van der Waals surface area contributed by atoms with Gasteiger partial charge in [0.25, 0.3) is 5.56 Å². The first-order chi connectivity index (χ1) is 10.6. The van der Waals surface area contributed by atoms with Gasteiger partial charge in [0.1, 0.15) is 0 Å². The number of nitrogens with one attached hydrogen (secondary N) is 1. The molecule has 1 aliphatic heterocycles. The SMILES string of the molecule is Cc1ncc(CN[C@H]2CCCN(c3nccn(C)c3=O)C2)s1. The van der Waals surface area contributed by atoms with E-state index in [0.29, 0.717) is 11.9 Å². The van der Waals surface area contributed by atoms with Crippen molar-refractivity contribution in [1.82, 2.24) is 19.9 Å². The van der Waals surface area contributed by atoms with E-state index >= 15 is 0 Å². The molecule has 0 spiro atoms. The lowest BCUT2D eigenvalue weighted by atomic mass is 10.1. The van der Waals surface area contributed by atoms with Gasteiger partial charge < -0.3 is 14.8 Å². The molecule has 1 saturated heterocycles. The van der Waals surface area contributed by atoms with Crippen LogP contribution in [0.4, 0.5) is 5.82 Å². The third-order valence-electron chi connectivity index (χ3n) is 3.95. The Morgan fingerprint density at radius 2 is 2.32 bits per heavy atom. The molecule has 1 atom stereocenters. The van der Waals surface area contributed by atoms with Crippen molar-refractivity contribution in [1.29, 1.82) is 0 Å². The highest BCUT2D eigenvalue weighted by atomic mass is 32.1. The third kappa shape index (κ3) is 3.36. The lowest BCUT2D eigenvalue weighted by Crippen LogP contribution is -2.47. The van der Waals surface area contributed by atoms with Gasteiger partial charge in [-0.1, -0.05) is 0 Å². The first-order valence-corrected chi connectivity index (χ1v) is 8.36. The van der Waals surface area contributed by atoms with E-state index in [2.05, 4.69) is 20.2 Å². The standard InChI is InChI=1S/C15H21N5OS/c1-11-17-8-13(22-11)9-18-12-4-3-6-20(10-12)14-15(21)19(2)7-5-16-14/h5,7-8,12,18H,3-4,6,9-10H2,1-2H3/t12-/m0/s1. The second-order valence-electron chi connectivity index (χ2n) is 5.68. The van der Waals surface area contributed by atoms with Gasteiger partial charge in [0, 0.05) is 56.2 Å². The van der Waals surface area contributed by atoms with Crippen LogP contribution in [0.2, 0.25) is 0 Å². The fraction of sp³-hybridized carbons (Fsp3) is 0.533. The van der Waals surface area contributed by atoms with Crippen LogP contribution in [0.3, 0.4) is 0 Å². The molecule has 0 radical (unpaired) electrons. The highest BCUT2D eigenvalue weighted by Gasteiger charge is 2.22. The first kappa shape index (κ1) is 15.2. The smallest absolute Gasteiger partial charge is 0.293 e. The van der Waals surface area contributed by atoms with Crippen LogP contribution in [0.25, 0.3) is 0 Å². The van der Waals surface area contributed by atoms with Crippen molar-refractivity contribution in [2.24, 2.45) is 7.05 Å². The predicted octanol–water partition coefficient (Wildman–Crippen LogP) is 1.30. The van der Waals surface area contributed by atoms with Crippen molar-refractivity contribution in [3.8, 4) is 0 Å². The molecule has 0 saturated carbocycles. The molecular formula is C15H21N5OS. The zero-order chi connectivity index (χ0) is 15.5. The molecule has 3 rings (SSSR count). The second-order valence-corrected chi connectivity index (χ2v) is 7.00. The van der Waals surface area contributed by atoms with Crippen molar-refractivity contribution in [3.05, 3.63) is 38.8 Å². The molecule has 0 aromatic carbocycles. The molecule has 1 fully saturated rings. The Morgan fingerprint density at radius 3 is 3.09 bits per heavy atom. The summed E-state index contributed by atoms with van der Waals surface area (Å²) in [5.74, 6) is 0.560. The van der Waals surface area contributed by atoms with Gasteiger partial charge in [-0.05, 0) is 19.8 Å². The van der Waals surface area contributed by atoms with Gasteiger partial charge in [0.05, 0.1) is 5.01 Å². The molecule has 118 valence electrons. The van der Waals surface area contributed by atoms with Gasteiger partial charge >= 0.3 is 0 Å². The van der Waals surface area contributed by atoms with Crippen molar-refractivity contribution in [2.75, 3.05) is 18.0 Å². The molecular weight excluding hydrogens is 298 g/mol. The molecule has 1 aliphatic rings. The molecule has 7 heteroatoms. The van der Waals surface area contributed by atoms with Crippen LogP contribution in [0, 0.1) is 6.92 Å². The van der Waals surface area contributed by atoms with Crippen molar-refractivity contribution < 1.29 is 0 Å². The minimum atomic E-state index is -0.0266. The summed E-state index contributed by atoms with van der Waals surface area (Å²) in [4.78, 5) is 24.1. The van der Waals surface area contributed by atoms with Crippen LogP contribution in [0.1, 0.15) is 22.7 Å². The summed E-state index contributed by atoms with van der Waals surface area (Å²) in [5.41, 5.74) is -0.0266. The van der Waals surface area contributed by atoms with Crippen LogP contribution in [-0.2, 0) is 13.6 Å². The number of nitrogens with zero attached hydrogens (tertiary/aromatic N) is 4. The van der Waals surface area contributed by atoms with E-state index < -0.39 is 0 Å². The number of hydrogen-bond acceptors (Lipinski definition) is 6. The summed E-state index contributed by atoms with van der Waals surface area (Å²) in [6.07, 6.45) is 7.51. The number of anilines is 1. The minimum Gasteiger partial charge on any atom is -0.350 e. The van der Waals surface area contributed by atoms with Gasteiger partial charge in [-0.15, -0.1) is 11.3 Å². The average Bonchev–Trinajstić information content (AvgIpc) is 2.94. The average molecular weight is 319 g/mol. The van der Waals surface area contributed by atoms with Crippen molar-refractivity contribution in [2.45, 2.75) is 32.4 Å². The van der Waals surface area contributed by atoms with E-state index in [-0.39, 0.29) is 5.56 Å². The Balaban J connectivity index is 1.64. The maximum absolute atomic E-state index is 12.2.